The summed E-state index contributed by atoms with van der Waals surface area (Å²) in [5.41, 5.74) is 1.90. The lowest BCUT2D eigenvalue weighted by molar-refractivity contribution is -0.129. The highest BCUT2D eigenvalue weighted by atomic mass is 79.9. The molecule has 1 aliphatic rings. The van der Waals surface area contributed by atoms with E-state index in [0.717, 1.165) is 53.8 Å². The summed E-state index contributed by atoms with van der Waals surface area (Å²) >= 11 is 3.54. The zero-order valence-electron chi connectivity index (χ0n) is 15.4. The minimum absolute atomic E-state index is 0.140. The lowest BCUT2D eigenvalue weighted by Gasteiger charge is -2.40. The Morgan fingerprint density at radius 3 is 2.65 bits per heavy atom. The third-order valence-corrected chi connectivity index (χ3v) is 5.60. The lowest BCUT2D eigenvalue weighted by Crippen LogP contribution is -2.47. The van der Waals surface area contributed by atoms with Crippen molar-refractivity contribution >= 4 is 39.6 Å². The summed E-state index contributed by atoms with van der Waals surface area (Å²) in [7, 11) is 0. The molecule has 1 aliphatic heterocycles. The molecule has 140 valence electrons. The number of fused-ring (bicyclic) bond motifs is 1. The van der Waals surface area contributed by atoms with Crippen LogP contribution in [0.1, 0.15) is 32.3 Å². The van der Waals surface area contributed by atoms with Crippen molar-refractivity contribution in [1.82, 2.24) is 9.30 Å². The maximum absolute atomic E-state index is 11.6. The van der Waals surface area contributed by atoms with Gasteiger partial charge in [0.1, 0.15) is 11.6 Å². The van der Waals surface area contributed by atoms with Crippen LogP contribution in [0.2, 0.25) is 0 Å². The molecule has 3 heterocycles. The van der Waals surface area contributed by atoms with Gasteiger partial charge in [-0.3, -0.25) is 9.59 Å². The van der Waals surface area contributed by atoms with Crippen LogP contribution in [0.3, 0.4) is 0 Å². The molecule has 0 spiro atoms. The maximum atomic E-state index is 11.6. The minimum atomic E-state index is 0.140. The molecule has 6 nitrogen and oxygen atoms in total. The summed E-state index contributed by atoms with van der Waals surface area (Å²) in [6.07, 6.45) is 3.89. The molecular formula is C19H24BrN3O3. The summed E-state index contributed by atoms with van der Waals surface area (Å²) in [6.45, 7) is 8.60. The first-order chi connectivity index (χ1) is 12.5. The Labute approximate surface area is 161 Å². The Morgan fingerprint density at radius 2 is 2.08 bits per heavy atom. The Morgan fingerprint density at radius 1 is 1.38 bits per heavy atom. The first-order valence-electron chi connectivity index (χ1n) is 8.90. The van der Waals surface area contributed by atoms with Crippen molar-refractivity contribution in [2.45, 2.75) is 39.7 Å². The maximum Gasteiger partial charge on any atom is 0.298 e. The second-order valence-corrected chi connectivity index (χ2v) is 7.56. The highest BCUT2D eigenvalue weighted by Gasteiger charge is 2.28. The molecular weight excluding hydrogens is 398 g/mol. The van der Waals surface area contributed by atoms with Crippen molar-refractivity contribution in [1.29, 1.82) is 0 Å². The van der Waals surface area contributed by atoms with E-state index in [-0.39, 0.29) is 5.91 Å². The van der Waals surface area contributed by atoms with E-state index in [1.54, 1.807) is 6.92 Å². The molecule has 26 heavy (non-hydrogen) atoms. The first-order valence-corrected chi connectivity index (χ1v) is 9.69. The van der Waals surface area contributed by atoms with E-state index >= 15 is 0 Å². The van der Waals surface area contributed by atoms with Gasteiger partial charge in [0.25, 0.3) is 6.47 Å². The third-order valence-electron chi connectivity index (χ3n) is 5.17. The second kappa shape index (κ2) is 7.70. The molecule has 0 unspecified atom stereocenters. The number of aromatic nitrogens is 1. The summed E-state index contributed by atoms with van der Waals surface area (Å²) in [4.78, 5) is 26.8. The summed E-state index contributed by atoms with van der Waals surface area (Å²) in [6, 6.07) is 4.22. The fraction of sp³-hybridized carbons (Fsp3) is 0.474. The number of likely N-dealkylation sites (tertiary alicyclic amines) is 1. The van der Waals surface area contributed by atoms with Crippen LogP contribution in [0.5, 0.6) is 5.75 Å². The van der Waals surface area contributed by atoms with Gasteiger partial charge in [-0.2, -0.15) is 0 Å². The van der Waals surface area contributed by atoms with Gasteiger partial charge in [0.05, 0.1) is 5.52 Å². The third kappa shape index (κ3) is 3.45. The van der Waals surface area contributed by atoms with Crippen molar-refractivity contribution in [3.05, 3.63) is 28.4 Å². The Balaban J connectivity index is 2.02. The summed E-state index contributed by atoms with van der Waals surface area (Å²) < 4.78 is 8.35. The topological polar surface area (TPSA) is 54.3 Å². The molecule has 0 aromatic carbocycles. The van der Waals surface area contributed by atoms with Gasteiger partial charge in [-0.1, -0.05) is 0 Å². The van der Waals surface area contributed by atoms with Crippen LogP contribution in [0.4, 0.5) is 5.82 Å². The molecule has 0 radical (unpaired) electrons. The van der Waals surface area contributed by atoms with Gasteiger partial charge < -0.3 is 18.9 Å². The number of rotatable bonds is 5. The Bertz CT molecular complexity index is 825. The highest BCUT2D eigenvalue weighted by molar-refractivity contribution is 9.10. The fourth-order valence-corrected chi connectivity index (χ4v) is 4.31. The number of carbonyl (C=O) groups excluding carboxylic acids is 2. The molecule has 2 aromatic rings. The van der Waals surface area contributed by atoms with Gasteiger partial charge in [0.15, 0.2) is 0 Å². The van der Waals surface area contributed by atoms with Crippen molar-refractivity contribution in [2.75, 3.05) is 24.5 Å². The van der Waals surface area contributed by atoms with Crippen molar-refractivity contribution in [3.8, 4) is 5.75 Å². The van der Waals surface area contributed by atoms with Gasteiger partial charge in [-0.15, -0.1) is 0 Å². The zero-order chi connectivity index (χ0) is 18.8. The molecule has 1 fully saturated rings. The van der Waals surface area contributed by atoms with Crippen LogP contribution in [-0.4, -0.2) is 47.4 Å². The number of nitrogens with zero attached hydrogens (tertiary/aromatic N) is 3. The molecule has 0 atom stereocenters. The molecule has 0 saturated carbocycles. The molecule has 1 amide bonds. The highest BCUT2D eigenvalue weighted by Crippen LogP contribution is 2.35. The van der Waals surface area contributed by atoms with Crippen LogP contribution in [0, 0.1) is 6.92 Å². The number of amides is 1. The predicted octanol–water partition coefficient (Wildman–Crippen LogP) is 3.38. The predicted molar refractivity (Wildman–Crippen MR) is 105 cm³/mol. The van der Waals surface area contributed by atoms with Crippen LogP contribution in [0.15, 0.2) is 22.8 Å². The first kappa shape index (κ1) is 18.8. The number of anilines is 1. The molecule has 1 saturated heterocycles. The van der Waals surface area contributed by atoms with Crippen LogP contribution in [0.25, 0.3) is 5.52 Å². The molecule has 0 N–H and O–H groups in total. The van der Waals surface area contributed by atoms with E-state index in [9.17, 15) is 9.59 Å². The number of ether oxygens (including phenoxy) is 1. The normalized spacial score (nSPS) is 15.3. The van der Waals surface area contributed by atoms with E-state index in [4.69, 9.17) is 4.74 Å². The van der Waals surface area contributed by atoms with Crippen LogP contribution < -0.4 is 9.64 Å². The fourth-order valence-electron chi connectivity index (χ4n) is 3.88. The Hall–Kier alpha value is -2.02. The van der Waals surface area contributed by atoms with E-state index in [2.05, 4.69) is 32.2 Å². The monoisotopic (exact) mass is 421 g/mol. The summed E-state index contributed by atoms with van der Waals surface area (Å²) in [5.74, 6) is 1.75. The summed E-state index contributed by atoms with van der Waals surface area (Å²) in [5, 5.41) is 0. The quantitative estimate of drug-likeness (QED) is 0.694. The smallest absolute Gasteiger partial charge is 0.298 e. The molecule has 0 aliphatic carbocycles. The number of hydrogen-bond acceptors (Lipinski definition) is 4. The number of piperidine rings is 1. The second-order valence-electron chi connectivity index (χ2n) is 6.65. The number of pyridine rings is 1. The van der Waals surface area contributed by atoms with Crippen LogP contribution in [-0.2, 0) is 9.59 Å². The van der Waals surface area contributed by atoms with E-state index in [1.165, 1.54) is 0 Å². The van der Waals surface area contributed by atoms with Gasteiger partial charge in [0.2, 0.25) is 5.91 Å². The van der Waals surface area contributed by atoms with Crippen molar-refractivity contribution < 1.29 is 14.3 Å². The lowest BCUT2D eigenvalue weighted by atomic mass is 10.0. The van der Waals surface area contributed by atoms with Crippen molar-refractivity contribution in [3.63, 3.8) is 0 Å². The SMILES string of the molecule is CCN(c1c(C)c(OC=O)cc2cc(Br)cn12)C1CCN(C(C)=O)CC1. The van der Waals surface area contributed by atoms with E-state index in [1.807, 2.05) is 30.2 Å². The van der Waals surface area contributed by atoms with E-state index in [0.29, 0.717) is 18.3 Å². The standard InChI is InChI=1S/C19H24BrN3O3/c1-4-22(16-5-7-21(8-6-16)14(3)25)19-13(2)18(26-12-24)10-17-9-15(20)11-23(17)19/h9-12,16H,4-8H2,1-3H3. The molecule has 3 rings (SSSR count). The zero-order valence-corrected chi connectivity index (χ0v) is 17.0. The van der Waals surface area contributed by atoms with E-state index < -0.39 is 0 Å². The van der Waals surface area contributed by atoms with Crippen LogP contribution >= 0.6 is 15.9 Å². The average molecular weight is 422 g/mol. The Kier molecular flexibility index (Phi) is 5.55. The number of carbonyl (C=O) groups is 2. The minimum Gasteiger partial charge on any atom is -0.428 e. The van der Waals surface area contributed by atoms with Gasteiger partial charge in [0, 0.05) is 54.9 Å². The molecule has 2 aromatic heterocycles. The van der Waals surface area contributed by atoms with Crippen molar-refractivity contribution in [2.24, 2.45) is 0 Å². The van der Waals surface area contributed by atoms with Gasteiger partial charge in [-0.25, -0.2) is 0 Å². The largest absolute Gasteiger partial charge is 0.428 e. The van der Waals surface area contributed by atoms with Gasteiger partial charge in [-0.05, 0) is 48.7 Å². The number of hydrogen-bond donors (Lipinski definition) is 0. The molecule has 7 heteroatoms. The average Bonchev–Trinajstić information content (AvgIpc) is 2.99. The number of halogens is 1. The molecule has 0 bridgehead atoms. The van der Waals surface area contributed by atoms with Gasteiger partial charge >= 0.3 is 0 Å².